The number of rotatable bonds is 6. The molecule has 3 aromatic rings. The first-order chi connectivity index (χ1) is 12.5. The Morgan fingerprint density at radius 1 is 1.15 bits per heavy atom. The second kappa shape index (κ2) is 7.44. The molecule has 1 N–H and O–H groups in total. The van der Waals surface area contributed by atoms with Crippen molar-refractivity contribution in [2.45, 2.75) is 26.8 Å². The van der Waals surface area contributed by atoms with Crippen LogP contribution in [0.2, 0.25) is 0 Å². The minimum Gasteiger partial charge on any atom is -0.494 e. The van der Waals surface area contributed by atoms with E-state index < -0.39 is 5.97 Å². The standard InChI is InChI=1S/C21H21NO4/c1-3-26-17-9-7-15(8-10-17)11-16-12-22(13-19(23)24)20-14(2)5-4-6-18(20)21(16)25/h4-10,12H,3,11,13H2,1-2H3,(H,23,24). The molecule has 0 aliphatic rings. The van der Waals surface area contributed by atoms with Gasteiger partial charge in [-0.05, 0) is 43.2 Å². The van der Waals surface area contributed by atoms with E-state index in [0.717, 1.165) is 16.9 Å². The Bertz CT molecular complexity index is 1000. The van der Waals surface area contributed by atoms with Gasteiger partial charge in [-0.15, -0.1) is 0 Å². The van der Waals surface area contributed by atoms with Gasteiger partial charge in [0.15, 0.2) is 5.43 Å². The van der Waals surface area contributed by atoms with Gasteiger partial charge in [0.25, 0.3) is 0 Å². The summed E-state index contributed by atoms with van der Waals surface area (Å²) in [5.41, 5.74) is 3.05. The molecule has 0 spiro atoms. The molecule has 0 amide bonds. The first-order valence-corrected chi connectivity index (χ1v) is 8.54. The lowest BCUT2D eigenvalue weighted by atomic mass is 10.0. The molecule has 0 aliphatic carbocycles. The molecule has 5 heteroatoms. The predicted octanol–water partition coefficient (Wildman–Crippen LogP) is 3.38. The van der Waals surface area contributed by atoms with Crippen LogP contribution in [0, 0.1) is 6.92 Å². The Morgan fingerprint density at radius 2 is 1.88 bits per heavy atom. The molecule has 1 aromatic heterocycles. The summed E-state index contributed by atoms with van der Waals surface area (Å²) in [5.74, 6) is -0.154. The summed E-state index contributed by atoms with van der Waals surface area (Å²) >= 11 is 0. The number of carboxylic acids is 1. The number of benzene rings is 2. The highest BCUT2D eigenvalue weighted by Gasteiger charge is 2.13. The van der Waals surface area contributed by atoms with Gasteiger partial charge in [0.2, 0.25) is 0 Å². The summed E-state index contributed by atoms with van der Waals surface area (Å²) in [7, 11) is 0. The molecular formula is C21H21NO4. The highest BCUT2D eigenvalue weighted by Crippen LogP contribution is 2.19. The maximum absolute atomic E-state index is 12.9. The van der Waals surface area contributed by atoms with E-state index in [4.69, 9.17) is 4.74 Å². The zero-order chi connectivity index (χ0) is 18.7. The van der Waals surface area contributed by atoms with Gasteiger partial charge < -0.3 is 14.4 Å². The van der Waals surface area contributed by atoms with Crippen LogP contribution in [0.3, 0.4) is 0 Å². The Morgan fingerprint density at radius 3 is 2.54 bits per heavy atom. The van der Waals surface area contributed by atoms with Crippen molar-refractivity contribution in [2.24, 2.45) is 0 Å². The van der Waals surface area contributed by atoms with Gasteiger partial charge in [0, 0.05) is 23.6 Å². The fourth-order valence-corrected chi connectivity index (χ4v) is 3.19. The molecule has 0 atom stereocenters. The summed E-state index contributed by atoms with van der Waals surface area (Å²) in [6, 6.07) is 13.1. The van der Waals surface area contributed by atoms with E-state index >= 15 is 0 Å². The van der Waals surface area contributed by atoms with Crippen LogP contribution in [0.1, 0.15) is 23.6 Å². The van der Waals surface area contributed by atoms with Crippen LogP contribution < -0.4 is 10.2 Å². The Labute approximate surface area is 151 Å². The van der Waals surface area contributed by atoms with Gasteiger partial charge in [-0.25, -0.2) is 0 Å². The first kappa shape index (κ1) is 17.7. The van der Waals surface area contributed by atoms with Crippen molar-refractivity contribution >= 4 is 16.9 Å². The minimum absolute atomic E-state index is 0.0563. The number of aliphatic carboxylic acids is 1. The lowest BCUT2D eigenvalue weighted by Gasteiger charge is -2.14. The highest BCUT2D eigenvalue weighted by atomic mass is 16.5. The second-order valence-electron chi connectivity index (χ2n) is 6.23. The fraction of sp³-hybridized carbons (Fsp3) is 0.238. The van der Waals surface area contributed by atoms with E-state index in [0.29, 0.717) is 29.5 Å². The molecule has 2 aromatic carbocycles. The average Bonchev–Trinajstić information content (AvgIpc) is 2.60. The van der Waals surface area contributed by atoms with Crippen LogP contribution in [0.25, 0.3) is 10.9 Å². The zero-order valence-electron chi connectivity index (χ0n) is 14.9. The molecule has 26 heavy (non-hydrogen) atoms. The molecule has 3 rings (SSSR count). The number of carbonyl (C=O) groups is 1. The average molecular weight is 351 g/mol. The summed E-state index contributed by atoms with van der Waals surface area (Å²) in [4.78, 5) is 24.2. The number of hydrogen-bond donors (Lipinski definition) is 1. The third kappa shape index (κ3) is 3.61. The van der Waals surface area contributed by atoms with Gasteiger partial charge in [0.1, 0.15) is 12.3 Å². The Kier molecular flexibility index (Phi) is 5.07. The van der Waals surface area contributed by atoms with Gasteiger partial charge in [0.05, 0.1) is 12.1 Å². The third-order valence-electron chi connectivity index (χ3n) is 4.31. The number of fused-ring (bicyclic) bond motifs is 1. The van der Waals surface area contributed by atoms with Gasteiger partial charge in [-0.3, -0.25) is 9.59 Å². The molecule has 0 bridgehead atoms. The maximum Gasteiger partial charge on any atom is 0.323 e. The smallest absolute Gasteiger partial charge is 0.323 e. The molecule has 0 unspecified atom stereocenters. The number of ether oxygens (including phenoxy) is 1. The molecule has 0 radical (unpaired) electrons. The molecule has 0 fully saturated rings. The quantitative estimate of drug-likeness (QED) is 0.739. The number of hydrogen-bond acceptors (Lipinski definition) is 3. The van der Waals surface area contributed by atoms with Crippen LogP contribution in [-0.4, -0.2) is 22.2 Å². The number of aromatic nitrogens is 1. The van der Waals surface area contributed by atoms with Crippen LogP contribution in [-0.2, 0) is 17.8 Å². The maximum atomic E-state index is 12.9. The lowest BCUT2D eigenvalue weighted by molar-refractivity contribution is -0.137. The van der Waals surface area contributed by atoms with E-state index in [9.17, 15) is 14.7 Å². The summed E-state index contributed by atoms with van der Waals surface area (Å²) in [6.07, 6.45) is 2.11. The molecular weight excluding hydrogens is 330 g/mol. The van der Waals surface area contributed by atoms with Crippen LogP contribution in [0.5, 0.6) is 5.75 Å². The van der Waals surface area contributed by atoms with Gasteiger partial charge in [-0.2, -0.15) is 0 Å². The summed E-state index contributed by atoms with van der Waals surface area (Å²) in [5, 5.41) is 9.79. The van der Waals surface area contributed by atoms with Crippen LogP contribution >= 0.6 is 0 Å². The molecule has 0 saturated heterocycles. The van der Waals surface area contributed by atoms with E-state index in [2.05, 4.69) is 0 Å². The molecule has 134 valence electrons. The second-order valence-corrected chi connectivity index (χ2v) is 6.23. The van der Waals surface area contributed by atoms with E-state index in [1.165, 1.54) is 0 Å². The Balaban J connectivity index is 2.06. The van der Waals surface area contributed by atoms with E-state index in [-0.39, 0.29) is 12.0 Å². The normalized spacial score (nSPS) is 10.8. The molecule has 0 aliphatic heterocycles. The van der Waals surface area contributed by atoms with Crippen molar-refractivity contribution in [1.82, 2.24) is 4.57 Å². The summed E-state index contributed by atoms with van der Waals surface area (Å²) in [6.45, 7) is 4.23. The summed E-state index contributed by atoms with van der Waals surface area (Å²) < 4.78 is 7.09. The Hall–Kier alpha value is -3.08. The minimum atomic E-state index is -0.940. The number of pyridine rings is 1. The largest absolute Gasteiger partial charge is 0.494 e. The monoisotopic (exact) mass is 351 g/mol. The van der Waals surface area contributed by atoms with Crippen molar-refractivity contribution in [3.63, 3.8) is 0 Å². The topological polar surface area (TPSA) is 68.5 Å². The lowest BCUT2D eigenvalue weighted by Crippen LogP contribution is -2.18. The SMILES string of the molecule is CCOc1ccc(Cc2cn(CC(=O)O)c3c(C)cccc3c2=O)cc1. The predicted molar refractivity (Wildman–Crippen MR) is 101 cm³/mol. The fourth-order valence-electron chi connectivity index (χ4n) is 3.19. The van der Waals surface area contributed by atoms with Crippen molar-refractivity contribution in [1.29, 1.82) is 0 Å². The number of nitrogens with zero attached hydrogens (tertiary/aromatic N) is 1. The van der Waals surface area contributed by atoms with Crippen LogP contribution in [0.4, 0.5) is 0 Å². The van der Waals surface area contributed by atoms with Crippen molar-refractivity contribution < 1.29 is 14.6 Å². The first-order valence-electron chi connectivity index (χ1n) is 8.54. The van der Waals surface area contributed by atoms with Crippen molar-refractivity contribution in [2.75, 3.05) is 6.61 Å². The zero-order valence-corrected chi connectivity index (χ0v) is 14.9. The number of carboxylic acid groups (broad SMARTS) is 1. The number of aryl methyl sites for hydroxylation is 1. The van der Waals surface area contributed by atoms with E-state index in [1.54, 1.807) is 16.8 Å². The number of para-hydroxylation sites is 1. The third-order valence-corrected chi connectivity index (χ3v) is 4.31. The highest BCUT2D eigenvalue weighted by molar-refractivity contribution is 5.84. The molecule has 5 nitrogen and oxygen atoms in total. The molecule has 1 heterocycles. The van der Waals surface area contributed by atoms with Crippen LogP contribution in [0.15, 0.2) is 53.5 Å². The van der Waals surface area contributed by atoms with Crippen molar-refractivity contribution in [3.8, 4) is 5.75 Å². The van der Waals surface area contributed by atoms with Gasteiger partial charge >= 0.3 is 5.97 Å². The van der Waals surface area contributed by atoms with Crippen molar-refractivity contribution in [3.05, 3.63) is 75.6 Å². The van der Waals surface area contributed by atoms with Gasteiger partial charge in [-0.1, -0.05) is 24.3 Å². The van der Waals surface area contributed by atoms with E-state index in [1.807, 2.05) is 50.2 Å². The molecule has 0 saturated carbocycles.